The zero-order valence-electron chi connectivity index (χ0n) is 24.5. The van der Waals surface area contributed by atoms with Crippen molar-refractivity contribution in [1.29, 1.82) is 0 Å². The van der Waals surface area contributed by atoms with E-state index >= 15 is 0 Å². The molecular weight excluding hydrogens is 593 g/mol. The first-order valence-corrected chi connectivity index (χ1v) is 14.2. The molecule has 2 N–H and O–H groups in total. The molecule has 0 unspecified atom stereocenters. The van der Waals surface area contributed by atoms with Crippen LogP contribution in [0.1, 0.15) is 32.0 Å². The highest BCUT2D eigenvalue weighted by atomic mass is 32.2. The second kappa shape index (κ2) is 12.1. The van der Waals surface area contributed by atoms with Gasteiger partial charge in [-0.1, -0.05) is 50.7 Å². The topological polar surface area (TPSA) is 103 Å². The summed E-state index contributed by atoms with van der Waals surface area (Å²) in [5, 5.41) is 11.3. The monoisotopic (exact) mass is 622 g/mol. The molecule has 5 rings (SSSR count). The van der Waals surface area contributed by atoms with Crippen LogP contribution < -0.4 is 20.1 Å². The molecule has 2 amide bonds. The molecule has 0 aliphatic carbocycles. The van der Waals surface area contributed by atoms with E-state index in [0.717, 1.165) is 21.0 Å². The van der Waals surface area contributed by atoms with E-state index < -0.39 is 23.2 Å². The Labute approximate surface area is 255 Å². The van der Waals surface area contributed by atoms with Gasteiger partial charge in [0.2, 0.25) is 0 Å². The van der Waals surface area contributed by atoms with Crippen molar-refractivity contribution in [2.45, 2.75) is 42.3 Å². The Kier molecular flexibility index (Phi) is 8.42. The van der Waals surface area contributed by atoms with Gasteiger partial charge >= 0.3 is 12.2 Å². The van der Waals surface area contributed by atoms with Crippen molar-refractivity contribution in [3.8, 4) is 17.2 Å². The Balaban J connectivity index is 1.40. The van der Waals surface area contributed by atoms with Crippen LogP contribution in [0.2, 0.25) is 0 Å². The van der Waals surface area contributed by atoms with Gasteiger partial charge in [-0.15, -0.1) is 0 Å². The number of nitrogens with zero attached hydrogens (tertiary/aromatic N) is 4. The number of benzene rings is 3. The standard InChI is InChI=1S/C31H29F3N6O3S/c1-30(2,3)26-16-27(40(39-26)23-12-7-6-11-21(23)31(32,33)34)38-29(41)37-18-9-8-10-19(13-18)44-28-20-14-24(42-4)25(43-5)15-22(20)35-17-36-28/h6-17H,1-5H3,(H2,37,38,41). The largest absolute Gasteiger partial charge is 0.493 e. The Hall–Kier alpha value is -4.78. The molecule has 9 nitrogen and oxygen atoms in total. The first kappa shape index (κ1) is 30.7. The molecule has 2 heterocycles. The Morgan fingerprint density at radius 1 is 0.886 bits per heavy atom. The summed E-state index contributed by atoms with van der Waals surface area (Å²) < 4.78 is 53.5. The second-order valence-electron chi connectivity index (χ2n) is 10.7. The lowest BCUT2D eigenvalue weighted by atomic mass is 9.92. The van der Waals surface area contributed by atoms with E-state index in [1.54, 1.807) is 50.6 Å². The molecule has 0 spiro atoms. The average Bonchev–Trinajstić information content (AvgIpc) is 3.40. The summed E-state index contributed by atoms with van der Waals surface area (Å²) in [6.07, 6.45) is -3.16. The molecule has 0 aliphatic heterocycles. The predicted octanol–water partition coefficient (Wildman–Crippen LogP) is 7.94. The smallest absolute Gasteiger partial charge is 0.418 e. The van der Waals surface area contributed by atoms with Gasteiger partial charge < -0.3 is 14.8 Å². The SMILES string of the molecule is COc1cc2ncnc(Sc3cccc(NC(=O)Nc4cc(C(C)(C)C)nn4-c4ccccc4C(F)(F)F)c3)c2cc1OC. The fraction of sp³-hybridized carbons (Fsp3) is 0.226. The highest BCUT2D eigenvalue weighted by molar-refractivity contribution is 7.99. The summed E-state index contributed by atoms with van der Waals surface area (Å²) in [5.41, 5.74) is 0.0853. The van der Waals surface area contributed by atoms with Crippen molar-refractivity contribution in [2.24, 2.45) is 0 Å². The summed E-state index contributed by atoms with van der Waals surface area (Å²) in [7, 11) is 3.10. The average molecular weight is 623 g/mol. The number of anilines is 2. The number of amides is 2. The molecule has 0 saturated carbocycles. The van der Waals surface area contributed by atoms with Gasteiger partial charge in [-0.2, -0.15) is 18.3 Å². The summed E-state index contributed by atoms with van der Waals surface area (Å²) in [6, 6.07) is 16.7. The minimum absolute atomic E-state index is 0.0893. The van der Waals surface area contributed by atoms with Gasteiger partial charge in [0, 0.05) is 33.5 Å². The van der Waals surface area contributed by atoms with Crippen LogP contribution in [0.4, 0.5) is 29.5 Å². The normalized spacial score (nSPS) is 11.8. The van der Waals surface area contributed by atoms with Crippen LogP contribution >= 0.6 is 11.8 Å². The maximum absolute atomic E-state index is 13.8. The van der Waals surface area contributed by atoms with Gasteiger partial charge in [0.05, 0.1) is 36.7 Å². The van der Waals surface area contributed by atoms with E-state index in [-0.39, 0.29) is 11.5 Å². The van der Waals surface area contributed by atoms with Crippen LogP contribution in [-0.2, 0) is 11.6 Å². The molecule has 0 atom stereocenters. The number of halogens is 3. The molecule has 0 saturated heterocycles. The van der Waals surface area contributed by atoms with E-state index in [2.05, 4.69) is 25.7 Å². The van der Waals surface area contributed by atoms with Gasteiger partial charge in [-0.25, -0.2) is 19.4 Å². The van der Waals surface area contributed by atoms with Crippen LogP contribution in [0.25, 0.3) is 16.6 Å². The lowest BCUT2D eigenvalue weighted by Crippen LogP contribution is -2.22. The number of carbonyl (C=O) groups is 1. The molecule has 0 fully saturated rings. The number of alkyl halides is 3. The van der Waals surface area contributed by atoms with Crippen LogP contribution in [0, 0.1) is 0 Å². The Bertz CT molecular complexity index is 1840. The van der Waals surface area contributed by atoms with Crippen molar-refractivity contribution in [3.63, 3.8) is 0 Å². The third-order valence-corrected chi connectivity index (χ3v) is 7.58. The first-order valence-electron chi connectivity index (χ1n) is 13.4. The second-order valence-corrected chi connectivity index (χ2v) is 11.8. The van der Waals surface area contributed by atoms with Crippen molar-refractivity contribution >= 4 is 40.2 Å². The lowest BCUT2D eigenvalue weighted by molar-refractivity contribution is -0.137. The highest BCUT2D eigenvalue weighted by Crippen LogP contribution is 2.38. The van der Waals surface area contributed by atoms with Crippen molar-refractivity contribution in [1.82, 2.24) is 19.7 Å². The molecule has 5 aromatic rings. The van der Waals surface area contributed by atoms with E-state index in [1.807, 2.05) is 26.8 Å². The molecule has 44 heavy (non-hydrogen) atoms. The minimum atomic E-state index is -4.62. The van der Waals surface area contributed by atoms with Crippen LogP contribution in [0.5, 0.6) is 11.5 Å². The quantitative estimate of drug-likeness (QED) is 0.178. The molecule has 2 aromatic heterocycles. The number of rotatable bonds is 7. The number of carbonyl (C=O) groups excluding carboxylic acids is 1. The van der Waals surface area contributed by atoms with Crippen LogP contribution in [0.3, 0.4) is 0 Å². The molecule has 228 valence electrons. The van der Waals surface area contributed by atoms with Gasteiger partial charge in [0.15, 0.2) is 11.5 Å². The third kappa shape index (κ3) is 6.57. The van der Waals surface area contributed by atoms with Crippen LogP contribution in [-0.4, -0.2) is 40.0 Å². The maximum Gasteiger partial charge on any atom is 0.418 e. The van der Waals surface area contributed by atoms with E-state index in [9.17, 15) is 18.0 Å². The number of fused-ring (bicyclic) bond motifs is 1. The molecule has 0 radical (unpaired) electrons. The molecule has 13 heteroatoms. The van der Waals surface area contributed by atoms with E-state index in [1.165, 1.54) is 36.3 Å². The number of para-hydroxylation sites is 1. The lowest BCUT2D eigenvalue weighted by Gasteiger charge is -2.16. The number of urea groups is 1. The number of ether oxygens (including phenoxy) is 2. The molecule has 3 aromatic carbocycles. The molecular formula is C31H29F3N6O3S. The molecule has 0 aliphatic rings. The third-order valence-electron chi connectivity index (χ3n) is 6.57. The number of nitrogens with one attached hydrogen (secondary N) is 2. The van der Waals surface area contributed by atoms with Gasteiger partial charge in [-0.3, -0.25) is 5.32 Å². The molecule has 0 bridgehead atoms. The van der Waals surface area contributed by atoms with E-state index in [4.69, 9.17) is 9.47 Å². The minimum Gasteiger partial charge on any atom is -0.493 e. The first-order chi connectivity index (χ1) is 20.9. The van der Waals surface area contributed by atoms with Gasteiger partial charge in [0.1, 0.15) is 17.2 Å². The van der Waals surface area contributed by atoms with E-state index in [0.29, 0.717) is 33.4 Å². The Morgan fingerprint density at radius 3 is 2.32 bits per heavy atom. The fourth-order valence-electron chi connectivity index (χ4n) is 4.39. The summed E-state index contributed by atoms with van der Waals surface area (Å²) in [6.45, 7) is 5.65. The van der Waals surface area contributed by atoms with Crippen LogP contribution in [0.15, 0.2) is 83.0 Å². The number of methoxy groups -OCH3 is 2. The van der Waals surface area contributed by atoms with Crippen molar-refractivity contribution in [3.05, 3.63) is 84.3 Å². The zero-order valence-corrected chi connectivity index (χ0v) is 25.3. The maximum atomic E-state index is 13.8. The predicted molar refractivity (Wildman–Crippen MR) is 163 cm³/mol. The summed E-state index contributed by atoms with van der Waals surface area (Å²) in [4.78, 5) is 22.7. The number of hydrogen-bond acceptors (Lipinski definition) is 7. The zero-order chi connectivity index (χ0) is 31.6. The fourth-order valence-corrected chi connectivity index (χ4v) is 5.32. The van der Waals surface area contributed by atoms with Gasteiger partial charge in [-0.05, 0) is 36.4 Å². The van der Waals surface area contributed by atoms with Crippen molar-refractivity contribution in [2.75, 3.05) is 24.9 Å². The van der Waals surface area contributed by atoms with Gasteiger partial charge in [0.25, 0.3) is 0 Å². The number of aromatic nitrogens is 4. The van der Waals surface area contributed by atoms with Crippen molar-refractivity contribution < 1.29 is 27.4 Å². The Morgan fingerprint density at radius 2 is 1.61 bits per heavy atom. The summed E-state index contributed by atoms with van der Waals surface area (Å²) in [5.74, 6) is 1.17. The summed E-state index contributed by atoms with van der Waals surface area (Å²) >= 11 is 1.36. The highest BCUT2D eigenvalue weighted by Gasteiger charge is 2.35. The number of hydrogen-bond donors (Lipinski definition) is 2.